The lowest BCUT2D eigenvalue weighted by atomic mass is 10.7. The van der Waals surface area contributed by atoms with Gasteiger partial charge in [0.2, 0.25) is 0 Å². The molecule has 0 aromatic heterocycles. The topological polar surface area (TPSA) is 12.4 Å². The van der Waals surface area contributed by atoms with E-state index in [9.17, 15) is 0 Å². The van der Waals surface area contributed by atoms with Crippen molar-refractivity contribution in [1.29, 1.82) is 0 Å². The second-order valence-corrected chi connectivity index (χ2v) is 0.729. The van der Waals surface area contributed by atoms with Crippen molar-refractivity contribution in [3.8, 4) is 0 Å². The Hall–Kier alpha value is -0.810. The van der Waals surface area contributed by atoms with E-state index in [1.54, 1.807) is 6.08 Å². The minimum atomic E-state index is 1.44. The van der Waals surface area contributed by atoms with Crippen LogP contribution < -0.4 is 0 Å². The predicted octanol–water partition coefficient (Wildman–Crippen LogP) is 1.38. The number of nitrogens with zero attached hydrogens (tertiary/aromatic N) is 1. The van der Waals surface area contributed by atoms with Gasteiger partial charge in [-0.1, -0.05) is 6.58 Å². The number of rotatable bonds is 1. The van der Waals surface area contributed by atoms with E-state index in [1.165, 1.54) is 6.20 Å². The summed E-state index contributed by atoms with van der Waals surface area (Å²) in [6.45, 7) is 5.20. The summed E-state index contributed by atoms with van der Waals surface area (Å²) in [6.07, 6.45) is 3.17. The van der Waals surface area contributed by atoms with Crippen molar-refractivity contribution in [3.05, 3.63) is 18.9 Å². The van der Waals surface area contributed by atoms with Gasteiger partial charge in [-0.2, -0.15) is 0 Å². The van der Waals surface area contributed by atoms with Crippen LogP contribution in [-0.4, -0.2) is 5.87 Å². The first-order valence-electron chi connectivity index (χ1n) is 1.76. The zero-order valence-electron chi connectivity index (χ0n) is 3.81. The van der Waals surface area contributed by atoms with Gasteiger partial charge in [-0.15, -0.1) is 0 Å². The van der Waals surface area contributed by atoms with Crippen LogP contribution in [0.15, 0.2) is 23.8 Å². The van der Waals surface area contributed by atoms with E-state index in [0.29, 0.717) is 0 Å². The maximum atomic E-state index is 3.55. The molecular formula is C5H7N. The highest BCUT2D eigenvalue weighted by Crippen LogP contribution is 1.57. The number of allylic oxidation sites excluding steroid dienone is 1. The third-order valence-electron chi connectivity index (χ3n) is 0.295. The molecule has 1 nitrogen and oxygen atoms in total. The lowest BCUT2D eigenvalue weighted by Crippen LogP contribution is -1.42. The molecule has 6 heavy (non-hydrogen) atoms. The van der Waals surface area contributed by atoms with Crippen LogP contribution in [0.1, 0.15) is 6.92 Å². The fraction of sp³-hybridized carbons (Fsp3) is 0.200. The van der Waals surface area contributed by atoms with Crippen molar-refractivity contribution in [3.63, 3.8) is 0 Å². The molecule has 0 fully saturated rings. The number of hydrogen-bond acceptors (Lipinski definition) is 1. The van der Waals surface area contributed by atoms with Crippen molar-refractivity contribution in [1.82, 2.24) is 0 Å². The highest BCUT2D eigenvalue weighted by atomic mass is 14.6. The molecule has 32 valence electrons. The van der Waals surface area contributed by atoms with E-state index in [4.69, 9.17) is 0 Å². The molecule has 0 bridgehead atoms. The lowest BCUT2D eigenvalue weighted by molar-refractivity contribution is 1.63. The Morgan fingerprint density at radius 3 is 2.67 bits per heavy atom. The van der Waals surface area contributed by atoms with Crippen molar-refractivity contribution in [2.75, 3.05) is 0 Å². The number of hydrogen-bond donors (Lipinski definition) is 0. The minimum Gasteiger partial charge on any atom is -0.215 e. The maximum Gasteiger partial charge on any atom is 0.0296 e. The van der Waals surface area contributed by atoms with Gasteiger partial charge in [-0.3, -0.25) is 0 Å². The second-order valence-electron chi connectivity index (χ2n) is 0.729. The molecule has 0 atom stereocenters. The molecule has 0 saturated carbocycles. The molecule has 0 amide bonds. The second kappa shape index (κ2) is 4.19. The summed E-state index contributed by atoms with van der Waals surface area (Å²) in [5, 5.41) is 0. The monoisotopic (exact) mass is 81.1 g/mol. The largest absolute Gasteiger partial charge is 0.215 e. The molecule has 0 aliphatic carbocycles. The van der Waals surface area contributed by atoms with Crippen molar-refractivity contribution in [2.45, 2.75) is 6.92 Å². The Morgan fingerprint density at radius 1 is 1.83 bits per heavy atom. The Bertz CT molecular complexity index is 86.1. The fourth-order valence-electron chi connectivity index (χ4n) is 0.127. The molecule has 0 aromatic rings. The molecule has 0 unspecified atom stereocenters. The van der Waals surface area contributed by atoms with E-state index in [-0.39, 0.29) is 0 Å². The summed E-state index contributed by atoms with van der Waals surface area (Å²) in [5.74, 6) is 2.58. The zero-order chi connectivity index (χ0) is 4.83. The van der Waals surface area contributed by atoms with E-state index < -0.39 is 0 Å². The molecule has 0 radical (unpaired) electrons. The molecule has 0 aromatic carbocycles. The van der Waals surface area contributed by atoms with Crippen LogP contribution in [0.4, 0.5) is 0 Å². The predicted molar refractivity (Wildman–Crippen MR) is 27.9 cm³/mol. The van der Waals surface area contributed by atoms with Crippen LogP contribution in [0, 0.1) is 0 Å². The number of aliphatic imine (C=N–C) groups is 1. The van der Waals surface area contributed by atoms with Gasteiger partial charge in [0.05, 0.1) is 0 Å². The minimum absolute atomic E-state index is 1.44. The smallest absolute Gasteiger partial charge is 0.0296 e. The van der Waals surface area contributed by atoms with Gasteiger partial charge in [0.25, 0.3) is 0 Å². The standard InChI is InChI=1S/C5H7N/c1-3-5-6-4-2/h3-4H,2H2,1H3. The fourth-order valence-corrected chi connectivity index (χ4v) is 0.127. The Labute approximate surface area is 37.7 Å². The van der Waals surface area contributed by atoms with Gasteiger partial charge >= 0.3 is 0 Å². The molecule has 0 saturated heterocycles. The first-order valence-corrected chi connectivity index (χ1v) is 1.76. The molecule has 0 aliphatic rings. The zero-order valence-corrected chi connectivity index (χ0v) is 3.81. The summed E-state index contributed by atoms with van der Waals surface area (Å²) >= 11 is 0. The first kappa shape index (κ1) is 5.19. The summed E-state index contributed by atoms with van der Waals surface area (Å²) < 4.78 is 0. The van der Waals surface area contributed by atoms with Crippen molar-refractivity contribution < 1.29 is 0 Å². The van der Waals surface area contributed by atoms with Crippen LogP contribution in [0.3, 0.4) is 0 Å². The van der Waals surface area contributed by atoms with Crippen LogP contribution in [0.2, 0.25) is 0 Å². The van der Waals surface area contributed by atoms with Crippen LogP contribution in [-0.2, 0) is 0 Å². The van der Waals surface area contributed by atoms with Gasteiger partial charge in [0, 0.05) is 6.20 Å². The summed E-state index contributed by atoms with van der Waals surface area (Å²) in [6, 6.07) is 0. The molecular weight excluding hydrogens is 74.1 g/mol. The van der Waals surface area contributed by atoms with Gasteiger partial charge in [0.1, 0.15) is 0 Å². The molecule has 1 heteroatoms. The molecule has 0 heterocycles. The van der Waals surface area contributed by atoms with E-state index >= 15 is 0 Å². The van der Waals surface area contributed by atoms with Gasteiger partial charge in [0.15, 0.2) is 0 Å². The third kappa shape index (κ3) is 3.19. The van der Waals surface area contributed by atoms with E-state index in [0.717, 1.165) is 0 Å². The summed E-state index contributed by atoms with van der Waals surface area (Å²) in [7, 11) is 0. The van der Waals surface area contributed by atoms with Gasteiger partial charge < -0.3 is 0 Å². The summed E-state index contributed by atoms with van der Waals surface area (Å²) in [5.41, 5.74) is 0. The lowest BCUT2D eigenvalue weighted by Gasteiger charge is -1.55. The average Bonchev–Trinajstić information content (AvgIpc) is 1.61. The average molecular weight is 81.1 g/mol. The Kier molecular flexibility index (Phi) is 3.62. The third-order valence-corrected chi connectivity index (χ3v) is 0.295. The van der Waals surface area contributed by atoms with E-state index in [1.807, 2.05) is 6.92 Å². The molecule has 0 rings (SSSR count). The molecule has 0 N–H and O–H groups in total. The van der Waals surface area contributed by atoms with Crippen molar-refractivity contribution >= 4 is 5.87 Å². The summed E-state index contributed by atoms with van der Waals surface area (Å²) in [4.78, 5) is 3.55. The van der Waals surface area contributed by atoms with Crippen molar-refractivity contribution in [2.24, 2.45) is 4.99 Å². The van der Waals surface area contributed by atoms with Crippen LogP contribution in [0.25, 0.3) is 0 Å². The van der Waals surface area contributed by atoms with Gasteiger partial charge in [-0.05, 0) is 18.9 Å². The first-order chi connectivity index (χ1) is 2.91. The highest BCUT2D eigenvalue weighted by molar-refractivity contribution is 5.51. The molecule has 0 aliphatic heterocycles. The van der Waals surface area contributed by atoms with Crippen LogP contribution >= 0.6 is 0 Å². The Morgan fingerprint density at radius 2 is 2.50 bits per heavy atom. The quantitative estimate of drug-likeness (QED) is 0.423. The normalized spacial score (nSPS) is 5.50. The molecule has 0 spiro atoms. The van der Waals surface area contributed by atoms with Gasteiger partial charge in [-0.25, -0.2) is 4.99 Å². The van der Waals surface area contributed by atoms with E-state index in [2.05, 4.69) is 17.4 Å². The van der Waals surface area contributed by atoms with Crippen LogP contribution in [0.5, 0.6) is 0 Å². The maximum absolute atomic E-state index is 3.55. The Balaban J connectivity index is 3.46. The highest BCUT2D eigenvalue weighted by Gasteiger charge is 1.41. The SMILES string of the molecule is C=CN=C=CC.